The third-order valence-electron chi connectivity index (χ3n) is 4.15. The van der Waals surface area contributed by atoms with E-state index in [4.69, 9.17) is 4.74 Å². The lowest BCUT2D eigenvalue weighted by atomic mass is 10.0. The van der Waals surface area contributed by atoms with Gasteiger partial charge in [-0.25, -0.2) is 0 Å². The summed E-state index contributed by atoms with van der Waals surface area (Å²) in [5, 5.41) is 9.47. The molecule has 0 saturated carbocycles. The Balaban J connectivity index is -0.000000870. The van der Waals surface area contributed by atoms with Crippen LogP contribution in [0.25, 0.3) is 0 Å². The Morgan fingerprint density at radius 2 is 1.37 bits per heavy atom. The van der Waals surface area contributed by atoms with Gasteiger partial charge in [0.25, 0.3) is 0 Å². The van der Waals surface area contributed by atoms with Crippen molar-refractivity contribution in [2.24, 2.45) is 5.73 Å². The van der Waals surface area contributed by atoms with Crippen molar-refractivity contribution in [2.45, 2.75) is 84.7 Å². The Labute approximate surface area is 169 Å². The first-order valence-electron chi connectivity index (χ1n) is 9.97. The number of aliphatic hydroxyl groups is 1. The van der Waals surface area contributed by atoms with Crippen LogP contribution in [0.5, 0.6) is 5.75 Å². The maximum absolute atomic E-state index is 9.47. The first-order chi connectivity index (χ1) is 12.7. The van der Waals surface area contributed by atoms with Crippen molar-refractivity contribution in [3.05, 3.63) is 29.8 Å². The highest BCUT2D eigenvalue weighted by Gasteiger charge is 2.02. The van der Waals surface area contributed by atoms with Crippen molar-refractivity contribution in [2.75, 3.05) is 28.4 Å². The van der Waals surface area contributed by atoms with E-state index in [1.807, 2.05) is 19.1 Å². The van der Waals surface area contributed by atoms with E-state index < -0.39 is 0 Å². The summed E-state index contributed by atoms with van der Waals surface area (Å²) in [6.07, 6.45) is 11.9. The fourth-order valence-corrected chi connectivity index (χ4v) is 2.69. The van der Waals surface area contributed by atoms with E-state index >= 15 is 0 Å². The third kappa shape index (κ3) is 19.5. The largest absolute Gasteiger partial charge is 0.496 e. The smallest absolute Gasteiger partial charge is 0.122 e. The van der Waals surface area contributed by atoms with Gasteiger partial charge < -0.3 is 20.3 Å². The molecule has 0 aromatic heterocycles. The predicted octanol–water partition coefficient (Wildman–Crippen LogP) is 5.60. The summed E-state index contributed by atoms with van der Waals surface area (Å²) in [5.41, 5.74) is 5.83. The van der Waals surface area contributed by atoms with Crippen molar-refractivity contribution >= 4 is 0 Å². The molecule has 0 bridgehead atoms. The molecule has 3 N–H and O–H groups in total. The third-order valence-corrected chi connectivity index (χ3v) is 4.15. The number of aryl methyl sites for hydroxylation is 1. The molecule has 0 fully saturated rings. The summed E-state index contributed by atoms with van der Waals surface area (Å²) >= 11 is 0. The standard InChI is InChI=1S/C19H32O2.C2H6O.CH5N.CH4/c1-3-18(20)15-10-8-6-4-5-7-9-13-17-14-11-12-16-19(17)21-2;1-3-2;1-2;/h11-12,14,16,18,20H,3-10,13,15H2,1-2H3;1-2H3;2H2,1H3;1H4. The second-order valence-corrected chi connectivity index (χ2v) is 6.30. The number of benzene rings is 1. The summed E-state index contributed by atoms with van der Waals surface area (Å²) in [6.45, 7) is 2.05. The fraction of sp³-hybridized carbons (Fsp3) is 0.739. The molecule has 1 aromatic carbocycles. The predicted molar refractivity (Wildman–Crippen MR) is 120 cm³/mol. The monoisotopic (exact) mass is 385 g/mol. The Morgan fingerprint density at radius 3 is 1.89 bits per heavy atom. The van der Waals surface area contributed by atoms with Gasteiger partial charge in [0.05, 0.1) is 13.2 Å². The Morgan fingerprint density at radius 1 is 0.889 bits per heavy atom. The van der Waals surface area contributed by atoms with Crippen LogP contribution in [-0.4, -0.2) is 39.6 Å². The molecular weight excluding hydrogens is 338 g/mol. The molecule has 0 heterocycles. The van der Waals surface area contributed by atoms with Crippen LogP contribution in [0, 0.1) is 0 Å². The molecule has 1 unspecified atom stereocenters. The maximum Gasteiger partial charge on any atom is 0.122 e. The Bertz CT molecular complexity index is 386. The zero-order valence-corrected chi connectivity index (χ0v) is 17.8. The normalized spacial score (nSPS) is 10.5. The van der Waals surface area contributed by atoms with Gasteiger partial charge in [-0.2, -0.15) is 0 Å². The number of ether oxygens (including phenoxy) is 2. The number of para-hydroxylation sites is 1. The molecule has 4 heteroatoms. The minimum atomic E-state index is -0.0779. The van der Waals surface area contributed by atoms with Gasteiger partial charge in [-0.15, -0.1) is 0 Å². The van der Waals surface area contributed by atoms with Gasteiger partial charge in [0.2, 0.25) is 0 Å². The second-order valence-electron chi connectivity index (χ2n) is 6.30. The molecule has 4 nitrogen and oxygen atoms in total. The highest BCUT2D eigenvalue weighted by Crippen LogP contribution is 2.20. The average Bonchev–Trinajstić information content (AvgIpc) is 2.68. The Hall–Kier alpha value is -1.10. The molecule has 27 heavy (non-hydrogen) atoms. The van der Waals surface area contributed by atoms with Crippen LogP contribution in [0.1, 0.15) is 77.7 Å². The highest BCUT2D eigenvalue weighted by atomic mass is 16.5. The average molecular weight is 386 g/mol. The van der Waals surface area contributed by atoms with Crippen LogP contribution in [0.4, 0.5) is 0 Å². The van der Waals surface area contributed by atoms with E-state index in [-0.39, 0.29) is 13.5 Å². The minimum absolute atomic E-state index is 0. The van der Waals surface area contributed by atoms with E-state index in [1.54, 1.807) is 21.3 Å². The molecule has 0 spiro atoms. The van der Waals surface area contributed by atoms with E-state index in [9.17, 15) is 5.11 Å². The number of unbranched alkanes of at least 4 members (excludes halogenated alkanes) is 6. The van der Waals surface area contributed by atoms with Gasteiger partial charge in [-0.05, 0) is 44.4 Å². The van der Waals surface area contributed by atoms with Crippen LogP contribution < -0.4 is 10.5 Å². The molecule has 0 aliphatic carbocycles. The lowest BCUT2D eigenvalue weighted by Crippen LogP contribution is -2.03. The lowest BCUT2D eigenvalue weighted by Gasteiger charge is -2.08. The minimum Gasteiger partial charge on any atom is -0.496 e. The summed E-state index contributed by atoms with van der Waals surface area (Å²) in [5.74, 6) is 1.02. The number of rotatable bonds is 12. The van der Waals surface area contributed by atoms with Crippen molar-refractivity contribution in [3.63, 3.8) is 0 Å². The SMILES string of the molecule is C.CCC(O)CCCCCCCCCc1ccccc1OC.CN.COC. The summed E-state index contributed by atoms with van der Waals surface area (Å²) in [6, 6.07) is 8.32. The van der Waals surface area contributed by atoms with Crippen LogP contribution >= 0.6 is 0 Å². The number of nitrogens with two attached hydrogens (primary N) is 1. The molecule has 0 radical (unpaired) electrons. The van der Waals surface area contributed by atoms with Crippen LogP contribution in [0.2, 0.25) is 0 Å². The molecule has 0 saturated heterocycles. The van der Waals surface area contributed by atoms with Crippen molar-refractivity contribution in [1.82, 2.24) is 0 Å². The number of hydrogen-bond acceptors (Lipinski definition) is 4. The highest BCUT2D eigenvalue weighted by molar-refractivity contribution is 5.33. The van der Waals surface area contributed by atoms with E-state index in [0.717, 1.165) is 25.0 Å². The van der Waals surface area contributed by atoms with E-state index in [0.29, 0.717) is 0 Å². The summed E-state index contributed by atoms with van der Waals surface area (Å²) in [7, 11) is 6.49. The Kier molecular flexibility index (Phi) is 28.2. The van der Waals surface area contributed by atoms with Crippen molar-refractivity contribution in [1.29, 1.82) is 0 Å². The topological polar surface area (TPSA) is 64.7 Å². The molecule has 0 amide bonds. The zero-order valence-electron chi connectivity index (χ0n) is 17.8. The number of methoxy groups -OCH3 is 2. The zero-order chi connectivity index (χ0) is 20.0. The van der Waals surface area contributed by atoms with Crippen molar-refractivity contribution in [3.8, 4) is 5.75 Å². The number of aliphatic hydroxyl groups excluding tert-OH is 1. The van der Waals surface area contributed by atoms with Crippen LogP contribution in [0.3, 0.4) is 0 Å². The molecular formula is C23H47NO3. The quantitative estimate of drug-likeness (QED) is 0.459. The molecule has 1 rings (SSSR count). The van der Waals surface area contributed by atoms with E-state index in [2.05, 4.69) is 22.6 Å². The molecule has 1 atom stereocenters. The fourth-order valence-electron chi connectivity index (χ4n) is 2.69. The maximum atomic E-state index is 9.47. The molecule has 1 aromatic rings. The lowest BCUT2D eigenvalue weighted by molar-refractivity contribution is 0.156. The van der Waals surface area contributed by atoms with Gasteiger partial charge in [0.15, 0.2) is 0 Å². The van der Waals surface area contributed by atoms with Crippen LogP contribution in [0.15, 0.2) is 24.3 Å². The van der Waals surface area contributed by atoms with Gasteiger partial charge in [-0.3, -0.25) is 0 Å². The van der Waals surface area contributed by atoms with Gasteiger partial charge >= 0.3 is 0 Å². The van der Waals surface area contributed by atoms with Crippen molar-refractivity contribution < 1.29 is 14.6 Å². The summed E-state index contributed by atoms with van der Waals surface area (Å²) in [4.78, 5) is 0. The van der Waals surface area contributed by atoms with Gasteiger partial charge in [0.1, 0.15) is 5.75 Å². The molecule has 0 aliphatic rings. The van der Waals surface area contributed by atoms with E-state index in [1.165, 1.54) is 57.6 Å². The second kappa shape index (κ2) is 24.9. The first-order valence-corrected chi connectivity index (χ1v) is 9.97. The molecule has 162 valence electrons. The summed E-state index contributed by atoms with van der Waals surface area (Å²) < 4.78 is 9.63. The first kappa shape index (κ1) is 30.6. The van der Waals surface area contributed by atoms with Gasteiger partial charge in [-0.1, -0.05) is 71.1 Å². The van der Waals surface area contributed by atoms with Crippen LogP contribution in [-0.2, 0) is 11.2 Å². The number of hydrogen-bond donors (Lipinski definition) is 2. The van der Waals surface area contributed by atoms with Gasteiger partial charge in [0, 0.05) is 14.2 Å². The molecule has 0 aliphatic heterocycles.